The fourth-order valence-electron chi connectivity index (χ4n) is 4.07. The van der Waals surface area contributed by atoms with Crippen LogP contribution >= 0.6 is 0 Å². The van der Waals surface area contributed by atoms with E-state index in [1.807, 2.05) is 37.3 Å². The molecule has 0 unspecified atom stereocenters. The summed E-state index contributed by atoms with van der Waals surface area (Å²) in [4.78, 5) is 4.82. The van der Waals surface area contributed by atoms with Crippen LogP contribution in [0.1, 0.15) is 17.2 Å². The minimum Gasteiger partial charge on any atom is -0.369 e. The van der Waals surface area contributed by atoms with Gasteiger partial charge in [0.15, 0.2) is 0 Å². The fourth-order valence-corrected chi connectivity index (χ4v) is 5.10. The highest BCUT2D eigenvalue weighted by atomic mass is 32.2. The van der Waals surface area contributed by atoms with Crippen LogP contribution in [0, 0.1) is 12.7 Å². The Morgan fingerprint density at radius 1 is 0.875 bits per heavy atom. The number of nitrogens with zero attached hydrogens (tertiary/aromatic N) is 2. The van der Waals surface area contributed by atoms with Gasteiger partial charge in [0, 0.05) is 44.5 Å². The molecule has 0 aromatic heterocycles. The molecule has 1 fully saturated rings. The number of piperazine rings is 1. The Bertz CT molecular complexity index is 1110. The van der Waals surface area contributed by atoms with Gasteiger partial charge in [-0.25, -0.2) is 17.5 Å². The van der Waals surface area contributed by atoms with Crippen molar-refractivity contribution in [2.75, 3.05) is 37.6 Å². The van der Waals surface area contributed by atoms with Crippen molar-refractivity contribution in [2.24, 2.45) is 0 Å². The summed E-state index contributed by atoms with van der Waals surface area (Å²) < 4.78 is 41.8. The van der Waals surface area contributed by atoms with Crippen LogP contribution < -0.4 is 9.62 Å². The van der Waals surface area contributed by atoms with Gasteiger partial charge in [0.2, 0.25) is 10.0 Å². The van der Waals surface area contributed by atoms with Crippen molar-refractivity contribution in [1.29, 1.82) is 0 Å². The molecule has 0 amide bonds. The quantitative estimate of drug-likeness (QED) is 0.588. The summed E-state index contributed by atoms with van der Waals surface area (Å²) in [5, 5.41) is 0. The summed E-state index contributed by atoms with van der Waals surface area (Å²) in [5.74, 6) is -0.239. The molecular formula is C25H28FN3O2S. The third kappa shape index (κ3) is 5.35. The molecule has 5 nitrogen and oxygen atoms in total. The van der Waals surface area contributed by atoms with Crippen LogP contribution in [0.25, 0.3) is 0 Å². The van der Waals surface area contributed by atoms with Crippen LogP contribution in [0.4, 0.5) is 10.1 Å². The Hall–Kier alpha value is -2.74. The van der Waals surface area contributed by atoms with Gasteiger partial charge in [-0.15, -0.1) is 0 Å². The van der Waals surface area contributed by atoms with Crippen molar-refractivity contribution < 1.29 is 12.8 Å². The van der Waals surface area contributed by atoms with Crippen LogP contribution in [0.3, 0.4) is 0 Å². The van der Waals surface area contributed by atoms with E-state index < -0.39 is 10.0 Å². The zero-order chi connectivity index (χ0) is 22.6. The van der Waals surface area contributed by atoms with Gasteiger partial charge >= 0.3 is 0 Å². The molecule has 0 radical (unpaired) electrons. The van der Waals surface area contributed by atoms with E-state index in [0.29, 0.717) is 0 Å². The highest BCUT2D eigenvalue weighted by Gasteiger charge is 2.27. The van der Waals surface area contributed by atoms with Crippen LogP contribution in [0.5, 0.6) is 0 Å². The second-order valence-electron chi connectivity index (χ2n) is 8.09. The maximum Gasteiger partial charge on any atom is 0.240 e. The summed E-state index contributed by atoms with van der Waals surface area (Å²) in [5.41, 5.74) is 3.10. The summed E-state index contributed by atoms with van der Waals surface area (Å²) in [6, 6.07) is 23.4. The Morgan fingerprint density at radius 2 is 1.50 bits per heavy atom. The first kappa shape index (κ1) is 22.5. The average Bonchev–Trinajstić information content (AvgIpc) is 2.81. The second-order valence-corrected chi connectivity index (χ2v) is 9.86. The van der Waals surface area contributed by atoms with E-state index in [2.05, 4.69) is 14.5 Å². The number of rotatable bonds is 7. The molecule has 1 aliphatic heterocycles. The van der Waals surface area contributed by atoms with E-state index in [0.717, 1.165) is 43.0 Å². The number of nitrogens with one attached hydrogen (secondary N) is 1. The average molecular weight is 454 g/mol. The molecule has 32 heavy (non-hydrogen) atoms. The summed E-state index contributed by atoms with van der Waals surface area (Å²) in [7, 11) is -3.60. The lowest BCUT2D eigenvalue weighted by Gasteiger charge is -2.40. The molecular weight excluding hydrogens is 425 g/mol. The molecule has 4 rings (SSSR count). The molecule has 7 heteroatoms. The first-order chi connectivity index (χ1) is 15.4. The predicted octanol–water partition coefficient (Wildman–Crippen LogP) is 3.98. The van der Waals surface area contributed by atoms with E-state index in [1.165, 1.54) is 12.1 Å². The maximum absolute atomic E-state index is 13.3. The summed E-state index contributed by atoms with van der Waals surface area (Å²) in [6.45, 7) is 5.36. The lowest BCUT2D eigenvalue weighted by molar-refractivity contribution is 0.187. The minimum atomic E-state index is -3.60. The van der Waals surface area contributed by atoms with Crippen molar-refractivity contribution in [3.05, 3.63) is 95.8 Å². The van der Waals surface area contributed by atoms with Crippen LogP contribution in [-0.4, -0.2) is 46.0 Å². The summed E-state index contributed by atoms with van der Waals surface area (Å²) >= 11 is 0. The number of anilines is 1. The van der Waals surface area contributed by atoms with Gasteiger partial charge in [0.1, 0.15) is 5.82 Å². The first-order valence-corrected chi connectivity index (χ1v) is 12.3. The number of hydrogen-bond acceptors (Lipinski definition) is 4. The van der Waals surface area contributed by atoms with Crippen LogP contribution in [0.2, 0.25) is 0 Å². The first-order valence-electron chi connectivity index (χ1n) is 10.8. The molecule has 1 aliphatic rings. The highest BCUT2D eigenvalue weighted by molar-refractivity contribution is 7.89. The molecule has 0 spiro atoms. The fraction of sp³-hybridized carbons (Fsp3) is 0.280. The van der Waals surface area contributed by atoms with E-state index in [-0.39, 0.29) is 23.3 Å². The Labute approximate surface area is 189 Å². The Morgan fingerprint density at radius 3 is 2.12 bits per heavy atom. The van der Waals surface area contributed by atoms with Crippen molar-refractivity contribution in [1.82, 2.24) is 9.62 Å². The lowest BCUT2D eigenvalue weighted by atomic mass is 10.0. The van der Waals surface area contributed by atoms with Gasteiger partial charge in [-0.2, -0.15) is 0 Å². The van der Waals surface area contributed by atoms with Gasteiger partial charge in [0.05, 0.1) is 4.90 Å². The van der Waals surface area contributed by atoms with E-state index >= 15 is 0 Å². The molecule has 1 N–H and O–H groups in total. The van der Waals surface area contributed by atoms with E-state index in [9.17, 15) is 12.8 Å². The zero-order valence-corrected chi connectivity index (χ0v) is 18.9. The molecule has 3 aromatic rings. The molecule has 3 aromatic carbocycles. The second kappa shape index (κ2) is 9.81. The monoisotopic (exact) mass is 453 g/mol. The topological polar surface area (TPSA) is 52.7 Å². The van der Waals surface area contributed by atoms with E-state index in [1.54, 1.807) is 36.4 Å². The highest BCUT2D eigenvalue weighted by Crippen LogP contribution is 2.25. The number of aryl methyl sites for hydroxylation is 1. The largest absolute Gasteiger partial charge is 0.369 e. The minimum absolute atomic E-state index is 0.0770. The van der Waals surface area contributed by atoms with Crippen molar-refractivity contribution in [3.63, 3.8) is 0 Å². The predicted molar refractivity (Wildman–Crippen MR) is 126 cm³/mol. The normalized spacial score (nSPS) is 16.1. The summed E-state index contributed by atoms with van der Waals surface area (Å²) in [6.07, 6.45) is 0. The third-order valence-corrected chi connectivity index (χ3v) is 7.37. The molecule has 0 saturated carbocycles. The molecule has 0 aliphatic carbocycles. The van der Waals surface area contributed by atoms with Gasteiger partial charge in [-0.3, -0.25) is 4.90 Å². The Kier molecular flexibility index (Phi) is 6.89. The number of halogens is 1. The zero-order valence-electron chi connectivity index (χ0n) is 18.1. The smallest absolute Gasteiger partial charge is 0.240 e. The number of benzene rings is 3. The molecule has 0 bridgehead atoms. The number of sulfonamides is 1. The molecule has 1 atom stereocenters. The van der Waals surface area contributed by atoms with Gasteiger partial charge in [0.25, 0.3) is 0 Å². The molecule has 168 valence electrons. The standard InChI is InChI=1S/C25H28FN3O2S/c1-20-7-13-24(14-8-20)32(30,31)27-19-25(21-5-3-2-4-6-21)29-17-15-28(16-18-29)23-11-9-22(26)10-12-23/h2-14,25,27H,15-19H2,1H3/t25-/m1/s1. The molecule has 1 heterocycles. The maximum atomic E-state index is 13.3. The van der Waals surface area contributed by atoms with Gasteiger partial charge < -0.3 is 4.90 Å². The van der Waals surface area contributed by atoms with Crippen molar-refractivity contribution >= 4 is 15.7 Å². The van der Waals surface area contributed by atoms with Crippen molar-refractivity contribution in [3.8, 4) is 0 Å². The molecule has 1 saturated heterocycles. The van der Waals surface area contributed by atoms with Gasteiger partial charge in [-0.1, -0.05) is 48.0 Å². The van der Waals surface area contributed by atoms with Crippen LogP contribution in [0.15, 0.2) is 83.8 Å². The Balaban J connectivity index is 1.47. The van der Waals surface area contributed by atoms with Gasteiger partial charge in [-0.05, 0) is 48.9 Å². The van der Waals surface area contributed by atoms with Crippen LogP contribution in [-0.2, 0) is 10.0 Å². The third-order valence-electron chi connectivity index (χ3n) is 5.93. The number of hydrogen-bond donors (Lipinski definition) is 1. The SMILES string of the molecule is Cc1ccc(S(=O)(=O)NC[C@H](c2ccccc2)N2CCN(c3ccc(F)cc3)CC2)cc1. The van der Waals surface area contributed by atoms with E-state index in [4.69, 9.17) is 0 Å². The lowest BCUT2D eigenvalue weighted by Crippen LogP contribution is -2.49. The van der Waals surface area contributed by atoms with Crippen molar-refractivity contribution in [2.45, 2.75) is 17.9 Å².